The number of carbonyl (C=O) groups is 1. The average Bonchev–Trinajstić information content (AvgIpc) is 3.07. The Hall–Kier alpha value is -2.59. The summed E-state index contributed by atoms with van der Waals surface area (Å²) in [4.78, 5) is 15.6. The van der Waals surface area contributed by atoms with Crippen molar-refractivity contribution in [3.8, 4) is 5.75 Å². The highest BCUT2D eigenvalue weighted by Crippen LogP contribution is 2.46. The van der Waals surface area contributed by atoms with Crippen molar-refractivity contribution >= 4 is 33.2 Å². The summed E-state index contributed by atoms with van der Waals surface area (Å²) >= 11 is 6.37. The quantitative estimate of drug-likeness (QED) is 0.497. The van der Waals surface area contributed by atoms with Crippen molar-refractivity contribution in [2.45, 2.75) is 55.3 Å². The van der Waals surface area contributed by atoms with E-state index < -0.39 is 27.3 Å². The number of hydrogen-bond acceptors (Lipinski definition) is 7. The number of ether oxygens (including phenoxy) is 2. The van der Waals surface area contributed by atoms with Gasteiger partial charge in [-0.05, 0) is 91.8 Å². The number of nitrogens with zero attached hydrogens (tertiary/aromatic N) is 1. The van der Waals surface area contributed by atoms with Crippen LogP contribution in [0.5, 0.6) is 5.75 Å². The van der Waals surface area contributed by atoms with Gasteiger partial charge in [0.1, 0.15) is 11.0 Å². The van der Waals surface area contributed by atoms with Crippen LogP contribution in [0.3, 0.4) is 0 Å². The molecule has 1 fully saturated rings. The number of benzene rings is 2. The number of fused-ring (bicyclic) bond motifs is 4. The van der Waals surface area contributed by atoms with Crippen LogP contribution in [-0.2, 0) is 26.6 Å². The van der Waals surface area contributed by atoms with E-state index in [1.807, 2.05) is 6.07 Å². The predicted octanol–water partition coefficient (Wildman–Crippen LogP) is 4.23. The van der Waals surface area contributed by atoms with Gasteiger partial charge in [-0.1, -0.05) is 29.8 Å². The minimum atomic E-state index is -4.05. The van der Waals surface area contributed by atoms with Crippen LogP contribution in [0.15, 0.2) is 48.6 Å². The monoisotopic (exact) mass is 600 g/mol. The van der Waals surface area contributed by atoms with E-state index in [2.05, 4.69) is 21.8 Å². The molecule has 41 heavy (non-hydrogen) atoms. The molecule has 2 aromatic carbocycles. The van der Waals surface area contributed by atoms with Crippen LogP contribution in [0.4, 0.5) is 5.69 Å². The number of anilines is 1. The second kappa shape index (κ2) is 11.2. The largest absolute Gasteiger partial charge is 0.490 e. The summed E-state index contributed by atoms with van der Waals surface area (Å²) in [6.07, 6.45) is 7.68. The van der Waals surface area contributed by atoms with Crippen molar-refractivity contribution in [3.05, 3.63) is 70.3 Å². The summed E-state index contributed by atoms with van der Waals surface area (Å²) in [7, 11) is -2.62. The fourth-order valence-corrected chi connectivity index (χ4v) is 8.48. The molecule has 220 valence electrons. The molecule has 10 heteroatoms. The summed E-state index contributed by atoms with van der Waals surface area (Å²) in [6, 6.07) is 11.3. The Bertz CT molecular complexity index is 1460. The van der Waals surface area contributed by atoms with Crippen LogP contribution in [0, 0.1) is 11.8 Å². The van der Waals surface area contributed by atoms with Gasteiger partial charge in [0.25, 0.3) is 5.91 Å². The number of nitrogens with one attached hydrogen (secondary N) is 1. The zero-order chi connectivity index (χ0) is 28.8. The molecule has 0 aromatic heterocycles. The first kappa shape index (κ1) is 28.5. The first-order valence-electron chi connectivity index (χ1n) is 14.4. The lowest BCUT2D eigenvalue weighted by Gasteiger charge is -2.45. The Morgan fingerprint density at radius 1 is 1.22 bits per heavy atom. The van der Waals surface area contributed by atoms with Gasteiger partial charge in [0.15, 0.2) is 0 Å². The van der Waals surface area contributed by atoms with Crippen LogP contribution in [0.25, 0.3) is 0 Å². The van der Waals surface area contributed by atoms with E-state index in [0.29, 0.717) is 25.4 Å². The zero-order valence-electron chi connectivity index (χ0n) is 23.2. The Morgan fingerprint density at radius 3 is 2.85 bits per heavy atom. The Morgan fingerprint density at radius 2 is 2.07 bits per heavy atom. The second-order valence-corrected chi connectivity index (χ2v) is 14.4. The maximum Gasteiger partial charge on any atom is 0.264 e. The van der Waals surface area contributed by atoms with E-state index in [-0.39, 0.29) is 35.8 Å². The molecule has 2 aliphatic heterocycles. The Balaban J connectivity index is 1.42. The minimum Gasteiger partial charge on any atom is -0.490 e. The van der Waals surface area contributed by atoms with Crippen LogP contribution < -0.4 is 14.4 Å². The lowest BCUT2D eigenvalue weighted by atomic mass is 9.68. The number of aliphatic hydroxyl groups is 1. The number of methoxy groups -OCH3 is 1. The molecule has 2 heterocycles. The van der Waals surface area contributed by atoms with Crippen molar-refractivity contribution in [2.75, 3.05) is 38.3 Å². The van der Waals surface area contributed by atoms with Gasteiger partial charge < -0.3 is 19.5 Å². The number of allylic oxidation sites excluding steroid dienone is 1. The minimum absolute atomic E-state index is 0.0674. The molecule has 2 aromatic rings. The highest BCUT2D eigenvalue weighted by atomic mass is 35.5. The molecule has 1 spiro atoms. The van der Waals surface area contributed by atoms with E-state index in [4.69, 9.17) is 21.1 Å². The van der Waals surface area contributed by atoms with Crippen LogP contribution in [0.2, 0.25) is 5.02 Å². The fourth-order valence-electron chi connectivity index (χ4n) is 7.06. The number of carbonyl (C=O) groups excluding carboxylic acids is 1. The SMILES string of the molecule is COC[C@H]1C/C=C/[C@H](O)[C@@H]2CC[C@H]2CN2C[C@@]3(CCCc4cc(Cl)ccc43)COc3ccc(cc32)C(=O)NS1(=O)=O. The maximum absolute atomic E-state index is 13.3. The van der Waals surface area contributed by atoms with Crippen molar-refractivity contribution in [1.82, 2.24) is 4.72 Å². The third-order valence-electron chi connectivity index (χ3n) is 9.43. The highest BCUT2D eigenvalue weighted by Gasteiger charge is 2.44. The van der Waals surface area contributed by atoms with Crippen molar-refractivity contribution in [3.63, 3.8) is 0 Å². The van der Waals surface area contributed by atoms with E-state index in [1.165, 1.54) is 18.2 Å². The van der Waals surface area contributed by atoms with Gasteiger partial charge >= 0.3 is 0 Å². The third-order valence-corrected chi connectivity index (χ3v) is 11.3. The second-order valence-electron chi connectivity index (χ2n) is 12.0. The topological polar surface area (TPSA) is 105 Å². The van der Waals surface area contributed by atoms with Crippen LogP contribution in [-0.4, -0.2) is 64.2 Å². The van der Waals surface area contributed by atoms with E-state index >= 15 is 0 Å². The number of halogens is 1. The normalized spacial score (nSPS) is 31.7. The predicted molar refractivity (Wildman–Crippen MR) is 158 cm³/mol. The number of amides is 1. The van der Waals surface area contributed by atoms with E-state index in [0.717, 1.165) is 42.8 Å². The van der Waals surface area contributed by atoms with Crippen molar-refractivity contribution in [2.24, 2.45) is 11.8 Å². The van der Waals surface area contributed by atoms with Gasteiger partial charge in [0.2, 0.25) is 10.0 Å². The van der Waals surface area contributed by atoms with Gasteiger partial charge in [-0.15, -0.1) is 0 Å². The summed E-state index contributed by atoms with van der Waals surface area (Å²) in [5, 5.41) is 10.8. The van der Waals surface area contributed by atoms with Gasteiger partial charge in [-0.2, -0.15) is 0 Å². The summed E-state index contributed by atoms with van der Waals surface area (Å²) in [6.45, 7) is 1.80. The Kier molecular flexibility index (Phi) is 7.82. The number of hydrogen-bond donors (Lipinski definition) is 2. The lowest BCUT2D eigenvalue weighted by molar-refractivity contribution is 0.0456. The number of aryl methyl sites for hydroxylation is 1. The van der Waals surface area contributed by atoms with Gasteiger partial charge in [0.05, 0.1) is 25.0 Å². The standard InChI is InChI=1S/C31H37ClN2O6S/c1-39-17-24-5-2-6-28(35)25-10-7-22(25)16-34-18-31(13-3-4-20-14-23(32)9-11-26(20)31)19-40-29-12-8-21(15-27(29)34)30(36)33-41(24,37)38/h2,6,8-9,11-12,14-15,22,24-25,28,35H,3-5,7,10,13,16-19H2,1H3,(H,33,36)/b6-2+/t22-,24+,25+,28-,31-/m0/s1. The number of sulfonamides is 1. The molecule has 0 saturated heterocycles. The van der Waals surface area contributed by atoms with Gasteiger partial charge in [0, 0.05) is 36.2 Å². The number of aliphatic hydroxyl groups excluding tert-OH is 1. The van der Waals surface area contributed by atoms with E-state index in [1.54, 1.807) is 30.4 Å². The molecule has 5 atom stereocenters. The fraction of sp³-hybridized carbons (Fsp3) is 0.516. The highest BCUT2D eigenvalue weighted by molar-refractivity contribution is 7.90. The zero-order valence-corrected chi connectivity index (χ0v) is 24.8. The molecule has 1 saturated carbocycles. The van der Waals surface area contributed by atoms with E-state index in [9.17, 15) is 18.3 Å². The average molecular weight is 601 g/mol. The molecular formula is C31H37ClN2O6S. The summed E-state index contributed by atoms with van der Waals surface area (Å²) in [5.41, 5.74) is 3.25. The van der Waals surface area contributed by atoms with Crippen LogP contribution in [0.1, 0.15) is 53.6 Å². The summed E-state index contributed by atoms with van der Waals surface area (Å²) in [5.74, 6) is 0.288. The molecule has 2 aliphatic carbocycles. The first-order valence-corrected chi connectivity index (χ1v) is 16.3. The van der Waals surface area contributed by atoms with Crippen molar-refractivity contribution in [1.29, 1.82) is 0 Å². The Labute approximate surface area is 246 Å². The molecule has 4 aliphatic rings. The molecule has 2 bridgehead atoms. The maximum atomic E-state index is 13.3. The van der Waals surface area contributed by atoms with Gasteiger partial charge in [-0.25, -0.2) is 13.1 Å². The molecule has 0 unspecified atom stereocenters. The lowest BCUT2D eigenvalue weighted by Crippen LogP contribution is -2.49. The smallest absolute Gasteiger partial charge is 0.264 e. The van der Waals surface area contributed by atoms with Crippen LogP contribution >= 0.6 is 11.6 Å². The molecular weight excluding hydrogens is 564 g/mol. The molecule has 8 nitrogen and oxygen atoms in total. The van der Waals surface area contributed by atoms with Gasteiger partial charge in [-0.3, -0.25) is 4.79 Å². The molecule has 6 rings (SSSR count). The van der Waals surface area contributed by atoms with Crippen molar-refractivity contribution < 1.29 is 27.8 Å². The molecule has 0 radical (unpaired) electrons. The molecule has 1 amide bonds. The first-order chi connectivity index (χ1) is 19.7. The molecule has 2 N–H and O–H groups in total. The summed E-state index contributed by atoms with van der Waals surface area (Å²) < 4.78 is 40.3. The third kappa shape index (κ3) is 5.49. The number of rotatable bonds is 2.